The Morgan fingerprint density at radius 2 is 1.90 bits per heavy atom. The zero-order valence-electron chi connectivity index (χ0n) is 12.9. The van der Waals surface area contributed by atoms with Crippen molar-refractivity contribution >= 4 is 5.91 Å². The maximum Gasteiger partial charge on any atom is 0.227 e. The van der Waals surface area contributed by atoms with Crippen molar-refractivity contribution in [1.29, 1.82) is 0 Å². The Morgan fingerprint density at radius 3 is 2.48 bits per heavy atom. The first kappa shape index (κ1) is 15.8. The van der Waals surface area contributed by atoms with Crippen LogP contribution in [0.4, 0.5) is 0 Å². The maximum absolute atomic E-state index is 12.6. The molecule has 0 aromatic heterocycles. The van der Waals surface area contributed by atoms with Gasteiger partial charge in [-0.3, -0.25) is 4.79 Å². The molecule has 0 radical (unpaired) electrons. The summed E-state index contributed by atoms with van der Waals surface area (Å²) in [5.41, 5.74) is 1.08. The third-order valence-corrected chi connectivity index (χ3v) is 4.23. The standard InChI is InChI=1S/C17H25NO3/c1-20-12-11-18-17(19)16(13-5-3-4-6-13)14-7-9-15(21-2)10-8-14/h7-10,13,16H,3-6,11-12H2,1-2H3,(H,18,19). The second-order valence-corrected chi connectivity index (χ2v) is 5.58. The Kier molecular flexibility index (Phi) is 6.05. The van der Waals surface area contributed by atoms with Gasteiger partial charge < -0.3 is 14.8 Å². The van der Waals surface area contributed by atoms with Crippen LogP contribution in [0.3, 0.4) is 0 Å². The number of hydrogen-bond donors (Lipinski definition) is 1. The molecule has 1 fully saturated rings. The molecular weight excluding hydrogens is 266 g/mol. The van der Waals surface area contributed by atoms with Crippen molar-refractivity contribution in [2.24, 2.45) is 5.92 Å². The zero-order valence-corrected chi connectivity index (χ0v) is 12.9. The molecule has 0 spiro atoms. The lowest BCUT2D eigenvalue weighted by atomic mass is 9.84. The molecule has 116 valence electrons. The highest BCUT2D eigenvalue weighted by atomic mass is 16.5. The smallest absolute Gasteiger partial charge is 0.227 e. The lowest BCUT2D eigenvalue weighted by Crippen LogP contribution is -2.34. The number of hydrogen-bond acceptors (Lipinski definition) is 3. The summed E-state index contributed by atoms with van der Waals surface area (Å²) in [5.74, 6) is 1.32. The molecule has 1 saturated carbocycles. The number of amides is 1. The van der Waals surface area contributed by atoms with Crippen LogP contribution in [0.5, 0.6) is 5.75 Å². The maximum atomic E-state index is 12.6. The Labute approximate surface area is 126 Å². The van der Waals surface area contributed by atoms with E-state index in [0.29, 0.717) is 19.1 Å². The van der Waals surface area contributed by atoms with Crippen molar-refractivity contribution in [1.82, 2.24) is 5.32 Å². The van der Waals surface area contributed by atoms with Gasteiger partial charge in [-0.05, 0) is 36.5 Å². The fraction of sp³-hybridized carbons (Fsp3) is 0.588. The highest BCUT2D eigenvalue weighted by molar-refractivity contribution is 5.84. The van der Waals surface area contributed by atoms with Crippen LogP contribution < -0.4 is 10.1 Å². The molecule has 1 amide bonds. The molecule has 1 unspecified atom stereocenters. The fourth-order valence-electron chi connectivity index (χ4n) is 3.13. The molecule has 1 atom stereocenters. The second kappa shape index (κ2) is 8.03. The molecule has 21 heavy (non-hydrogen) atoms. The van der Waals surface area contributed by atoms with Crippen LogP contribution in [0.15, 0.2) is 24.3 Å². The van der Waals surface area contributed by atoms with E-state index >= 15 is 0 Å². The summed E-state index contributed by atoms with van der Waals surface area (Å²) in [6.45, 7) is 1.11. The van der Waals surface area contributed by atoms with Crippen molar-refractivity contribution < 1.29 is 14.3 Å². The molecule has 0 saturated heterocycles. The van der Waals surface area contributed by atoms with Gasteiger partial charge >= 0.3 is 0 Å². The van der Waals surface area contributed by atoms with Crippen LogP contribution in [-0.2, 0) is 9.53 Å². The van der Waals surface area contributed by atoms with E-state index in [-0.39, 0.29) is 11.8 Å². The molecule has 0 bridgehead atoms. The number of nitrogens with one attached hydrogen (secondary N) is 1. The van der Waals surface area contributed by atoms with Crippen LogP contribution in [0.25, 0.3) is 0 Å². The average molecular weight is 291 g/mol. The fourth-order valence-corrected chi connectivity index (χ4v) is 3.13. The van der Waals surface area contributed by atoms with Crippen molar-refractivity contribution in [3.05, 3.63) is 29.8 Å². The molecule has 1 aromatic rings. The lowest BCUT2D eigenvalue weighted by Gasteiger charge is -2.23. The summed E-state index contributed by atoms with van der Waals surface area (Å²) in [4.78, 5) is 12.6. The molecule has 1 aliphatic carbocycles. The minimum Gasteiger partial charge on any atom is -0.497 e. The summed E-state index contributed by atoms with van der Waals surface area (Å²) >= 11 is 0. The molecule has 0 aliphatic heterocycles. The van der Waals surface area contributed by atoms with Gasteiger partial charge in [0.05, 0.1) is 19.6 Å². The van der Waals surface area contributed by atoms with E-state index < -0.39 is 0 Å². The number of methoxy groups -OCH3 is 2. The van der Waals surface area contributed by atoms with E-state index in [1.807, 2.05) is 24.3 Å². The summed E-state index contributed by atoms with van der Waals surface area (Å²) in [7, 11) is 3.30. The van der Waals surface area contributed by atoms with E-state index in [0.717, 1.165) is 24.2 Å². The van der Waals surface area contributed by atoms with Crippen LogP contribution in [0.1, 0.15) is 37.2 Å². The Hall–Kier alpha value is -1.55. The monoisotopic (exact) mass is 291 g/mol. The largest absolute Gasteiger partial charge is 0.497 e. The quantitative estimate of drug-likeness (QED) is 0.786. The first-order chi connectivity index (χ1) is 10.3. The minimum atomic E-state index is -0.0599. The predicted molar refractivity (Wildman–Crippen MR) is 82.6 cm³/mol. The van der Waals surface area contributed by atoms with Gasteiger partial charge in [-0.1, -0.05) is 25.0 Å². The molecule has 2 rings (SSSR count). The first-order valence-electron chi connectivity index (χ1n) is 7.67. The number of rotatable bonds is 7. The topological polar surface area (TPSA) is 47.6 Å². The third-order valence-electron chi connectivity index (χ3n) is 4.23. The second-order valence-electron chi connectivity index (χ2n) is 5.58. The van der Waals surface area contributed by atoms with Gasteiger partial charge in [0.25, 0.3) is 0 Å². The average Bonchev–Trinajstić information content (AvgIpc) is 3.02. The summed E-state index contributed by atoms with van der Waals surface area (Å²) in [6, 6.07) is 7.88. The van der Waals surface area contributed by atoms with E-state index in [4.69, 9.17) is 9.47 Å². The van der Waals surface area contributed by atoms with Crippen molar-refractivity contribution in [2.75, 3.05) is 27.4 Å². The van der Waals surface area contributed by atoms with Gasteiger partial charge in [0.2, 0.25) is 5.91 Å². The van der Waals surface area contributed by atoms with Crippen LogP contribution in [0, 0.1) is 5.92 Å². The summed E-state index contributed by atoms with van der Waals surface area (Å²) in [5, 5.41) is 2.99. The van der Waals surface area contributed by atoms with Gasteiger partial charge in [-0.15, -0.1) is 0 Å². The Bertz CT molecular complexity index is 438. The molecule has 4 nitrogen and oxygen atoms in total. The Balaban J connectivity index is 2.12. The first-order valence-corrected chi connectivity index (χ1v) is 7.67. The number of carbonyl (C=O) groups is 1. The van der Waals surface area contributed by atoms with Gasteiger partial charge in [-0.25, -0.2) is 0 Å². The Morgan fingerprint density at radius 1 is 1.24 bits per heavy atom. The normalized spacial score (nSPS) is 16.7. The summed E-state index contributed by atoms with van der Waals surface area (Å²) < 4.78 is 10.2. The molecule has 1 N–H and O–H groups in total. The third kappa shape index (κ3) is 4.21. The van der Waals surface area contributed by atoms with E-state index in [2.05, 4.69) is 5.32 Å². The molecular formula is C17H25NO3. The van der Waals surface area contributed by atoms with Crippen molar-refractivity contribution in [3.63, 3.8) is 0 Å². The molecule has 0 heterocycles. The zero-order chi connectivity index (χ0) is 15.1. The van der Waals surface area contributed by atoms with Crippen LogP contribution in [-0.4, -0.2) is 33.3 Å². The van der Waals surface area contributed by atoms with Crippen LogP contribution >= 0.6 is 0 Å². The van der Waals surface area contributed by atoms with Crippen molar-refractivity contribution in [2.45, 2.75) is 31.6 Å². The highest BCUT2D eigenvalue weighted by Crippen LogP contribution is 2.37. The lowest BCUT2D eigenvalue weighted by molar-refractivity contribution is -0.123. The van der Waals surface area contributed by atoms with Gasteiger partial charge in [0.15, 0.2) is 0 Å². The van der Waals surface area contributed by atoms with Gasteiger partial charge in [0, 0.05) is 13.7 Å². The van der Waals surface area contributed by atoms with E-state index in [1.54, 1.807) is 14.2 Å². The molecule has 4 heteroatoms. The minimum absolute atomic E-state index is 0.0599. The van der Waals surface area contributed by atoms with Crippen molar-refractivity contribution in [3.8, 4) is 5.75 Å². The molecule has 1 aromatic carbocycles. The van der Waals surface area contributed by atoms with Gasteiger partial charge in [0.1, 0.15) is 5.75 Å². The summed E-state index contributed by atoms with van der Waals surface area (Å²) in [6.07, 6.45) is 4.72. The van der Waals surface area contributed by atoms with Gasteiger partial charge in [-0.2, -0.15) is 0 Å². The van der Waals surface area contributed by atoms with E-state index in [9.17, 15) is 4.79 Å². The van der Waals surface area contributed by atoms with E-state index in [1.165, 1.54) is 12.8 Å². The predicted octanol–water partition coefficient (Wildman–Crippen LogP) is 2.73. The number of ether oxygens (including phenoxy) is 2. The highest BCUT2D eigenvalue weighted by Gasteiger charge is 2.31. The number of benzene rings is 1. The number of carbonyl (C=O) groups excluding carboxylic acids is 1. The van der Waals surface area contributed by atoms with Crippen LogP contribution in [0.2, 0.25) is 0 Å². The SMILES string of the molecule is COCCNC(=O)C(c1ccc(OC)cc1)C1CCCC1. The molecule has 1 aliphatic rings.